The fraction of sp³-hybridized carbons (Fsp3) is 0.267. The van der Waals surface area contributed by atoms with Gasteiger partial charge >= 0.3 is 0 Å². The van der Waals surface area contributed by atoms with Crippen molar-refractivity contribution in [3.8, 4) is 11.5 Å². The van der Waals surface area contributed by atoms with Crippen LogP contribution in [0, 0.1) is 0 Å². The van der Waals surface area contributed by atoms with Crippen LogP contribution in [0.25, 0.3) is 0 Å². The molecule has 21 heavy (non-hydrogen) atoms. The zero-order valence-corrected chi connectivity index (χ0v) is 12.9. The average molecular weight is 350 g/mol. The molecule has 0 radical (unpaired) electrons. The number of para-hydroxylation sites is 2. The highest BCUT2D eigenvalue weighted by Gasteiger charge is 2.28. The molecule has 0 bridgehead atoms. The second-order valence-electron chi connectivity index (χ2n) is 4.90. The van der Waals surface area contributed by atoms with Gasteiger partial charge in [-0.3, -0.25) is 16.3 Å². The van der Waals surface area contributed by atoms with Gasteiger partial charge in [0.1, 0.15) is 12.7 Å². The highest BCUT2D eigenvalue weighted by molar-refractivity contribution is 9.10. The lowest BCUT2D eigenvalue weighted by molar-refractivity contribution is 0.0619. The first-order valence-corrected chi connectivity index (χ1v) is 7.49. The van der Waals surface area contributed by atoms with E-state index in [1.165, 1.54) is 0 Å². The number of hydrogen-bond donors (Lipinski definition) is 2. The molecule has 0 spiro atoms. The maximum atomic E-state index is 5.99. The molecule has 0 fully saturated rings. The van der Waals surface area contributed by atoms with Crippen LogP contribution in [0.15, 0.2) is 47.2 Å². The molecule has 2 aromatic rings. The Hall–Kier alpha value is -1.63. The maximum Gasteiger partial charge on any atom is 0.161 e. The molecule has 1 aliphatic heterocycles. The fourth-order valence-corrected chi connectivity index (χ4v) is 2.77. The van der Waals surface area contributed by atoms with Crippen LogP contribution in [0.4, 0.5) is 0 Å². The van der Waals surface area contributed by atoms with Crippen molar-refractivity contribution in [3.63, 3.8) is 0 Å². The van der Waals surface area contributed by atoms with Crippen LogP contribution in [0.1, 0.15) is 5.56 Å². The van der Waals surface area contributed by atoms with E-state index in [1.54, 1.807) is 6.20 Å². The van der Waals surface area contributed by atoms with E-state index >= 15 is 0 Å². The molecule has 0 aliphatic carbocycles. The summed E-state index contributed by atoms with van der Waals surface area (Å²) in [5.41, 5.74) is 3.90. The van der Waals surface area contributed by atoms with Crippen molar-refractivity contribution in [1.82, 2.24) is 10.4 Å². The minimum Gasteiger partial charge on any atom is -0.486 e. The van der Waals surface area contributed by atoms with Crippen LogP contribution in [0.3, 0.4) is 0 Å². The topological polar surface area (TPSA) is 69.4 Å². The predicted octanol–water partition coefficient (Wildman–Crippen LogP) is 2.06. The van der Waals surface area contributed by atoms with Gasteiger partial charge in [0, 0.05) is 16.9 Å². The minimum absolute atomic E-state index is 0.0607. The third-order valence-corrected chi connectivity index (χ3v) is 3.84. The zero-order chi connectivity index (χ0) is 14.7. The summed E-state index contributed by atoms with van der Waals surface area (Å²) < 4.78 is 12.7. The first kappa shape index (κ1) is 14.3. The monoisotopic (exact) mass is 349 g/mol. The Morgan fingerprint density at radius 3 is 2.90 bits per heavy atom. The molecule has 2 unspecified atom stereocenters. The van der Waals surface area contributed by atoms with E-state index in [0.29, 0.717) is 13.0 Å². The summed E-state index contributed by atoms with van der Waals surface area (Å²) in [6.45, 7) is 0.466. The SMILES string of the molecule is NNC(Cc1cncc(Br)c1)C1COc2ccccc2O1. The molecule has 3 N–H and O–H groups in total. The Morgan fingerprint density at radius 1 is 1.33 bits per heavy atom. The molecular formula is C15H16BrN3O2. The van der Waals surface area contributed by atoms with Crippen molar-refractivity contribution in [2.45, 2.75) is 18.6 Å². The van der Waals surface area contributed by atoms with Crippen LogP contribution in [0.5, 0.6) is 11.5 Å². The lowest BCUT2D eigenvalue weighted by Gasteiger charge is -2.31. The number of hydrogen-bond acceptors (Lipinski definition) is 5. The highest BCUT2D eigenvalue weighted by atomic mass is 79.9. The molecule has 2 atom stereocenters. The molecule has 6 heteroatoms. The third-order valence-electron chi connectivity index (χ3n) is 3.41. The normalized spacial score (nSPS) is 18.3. The smallest absolute Gasteiger partial charge is 0.161 e. The lowest BCUT2D eigenvalue weighted by Crippen LogP contribution is -2.51. The summed E-state index contributed by atoms with van der Waals surface area (Å²) in [7, 11) is 0. The predicted molar refractivity (Wildman–Crippen MR) is 83.1 cm³/mol. The molecule has 1 aromatic carbocycles. The van der Waals surface area contributed by atoms with Crippen molar-refractivity contribution in [3.05, 3.63) is 52.8 Å². The number of nitrogens with two attached hydrogens (primary N) is 1. The summed E-state index contributed by atoms with van der Waals surface area (Å²) >= 11 is 3.42. The number of halogens is 1. The Balaban J connectivity index is 1.73. The van der Waals surface area contributed by atoms with E-state index in [0.717, 1.165) is 21.5 Å². The van der Waals surface area contributed by atoms with E-state index in [2.05, 4.69) is 26.3 Å². The number of fused-ring (bicyclic) bond motifs is 1. The number of aromatic nitrogens is 1. The number of nitrogens with zero attached hydrogens (tertiary/aromatic N) is 1. The number of ether oxygens (including phenoxy) is 2. The lowest BCUT2D eigenvalue weighted by atomic mass is 10.0. The van der Waals surface area contributed by atoms with Crippen LogP contribution in [-0.2, 0) is 6.42 Å². The zero-order valence-electron chi connectivity index (χ0n) is 11.3. The summed E-state index contributed by atoms with van der Waals surface area (Å²) in [5.74, 6) is 7.21. The van der Waals surface area contributed by atoms with Crippen LogP contribution in [0.2, 0.25) is 0 Å². The number of pyridine rings is 1. The molecule has 0 amide bonds. The van der Waals surface area contributed by atoms with E-state index in [4.69, 9.17) is 15.3 Å². The van der Waals surface area contributed by atoms with Gasteiger partial charge < -0.3 is 9.47 Å². The number of benzene rings is 1. The van der Waals surface area contributed by atoms with Crippen molar-refractivity contribution in [1.29, 1.82) is 0 Å². The van der Waals surface area contributed by atoms with E-state index < -0.39 is 0 Å². The van der Waals surface area contributed by atoms with E-state index in [9.17, 15) is 0 Å². The van der Waals surface area contributed by atoms with Crippen LogP contribution < -0.4 is 20.7 Å². The van der Waals surface area contributed by atoms with Crippen LogP contribution >= 0.6 is 15.9 Å². The van der Waals surface area contributed by atoms with Gasteiger partial charge in [0.15, 0.2) is 11.5 Å². The first-order chi connectivity index (χ1) is 10.3. The highest BCUT2D eigenvalue weighted by Crippen LogP contribution is 2.31. The summed E-state index contributed by atoms with van der Waals surface area (Å²) in [6, 6.07) is 9.61. The molecule has 0 saturated carbocycles. The molecule has 2 heterocycles. The van der Waals surface area contributed by atoms with Crippen molar-refractivity contribution in [2.75, 3.05) is 6.61 Å². The first-order valence-electron chi connectivity index (χ1n) is 6.70. The summed E-state index contributed by atoms with van der Waals surface area (Å²) in [4.78, 5) is 4.17. The third kappa shape index (κ3) is 3.34. The van der Waals surface area contributed by atoms with Crippen molar-refractivity contribution in [2.24, 2.45) is 5.84 Å². The largest absolute Gasteiger partial charge is 0.486 e. The second kappa shape index (κ2) is 6.43. The van der Waals surface area contributed by atoms with Gasteiger partial charge in [-0.05, 0) is 46.1 Å². The standard InChI is InChI=1S/C15H16BrN3O2/c16-11-5-10(7-18-8-11)6-12(19-17)15-9-20-13-3-1-2-4-14(13)21-15/h1-5,7-8,12,15,19H,6,9,17H2. The Morgan fingerprint density at radius 2 is 2.14 bits per heavy atom. The molecular weight excluding hydrogens is 334 g/mol. The second-order valence-corrected chi connectivity index (χ2v) is 5.82. The van der Waals surface area contributed by atoms with Gasteiger partial charge in [-0.2, -0.15) is 0 Å². The van der Waals surface area contributed by atoms with E-state index in [-0.39, 0.29) is 12.1 Å². The Labute approximate surface area is 131 Å². The molecule has 110 valence electrons. The Bertz CT molecular complexity index is 623. The molecule has 0 saturated heterocycles. The number of hydrazine groups is 1. The minimum atomic E-state index is -0.149. The Kier molecular flexibility index (Phi) is 4.38. The average Bonchev–Trinajstić information content (AvgIpc) is 2.52. The van der Waals surface area contributed by atoms with Crippen molar-refractivity contribution >= 4 is 15.9 Å². The summed E-state index contributed by atoms with van der Waals surface area (Å²) in [6.07, 6.45) is 4.14. The van der Waals surface area contributed by atoms with Gasteiger partial charge in [-0.15, -0.1) is 0 Å². The molecule has 1 aromatic heterocycles. The molecule has 1 aliphatic rings. The van der Waals surface area contributed by atoms with Crippen molar-refractivity contribution < 1.29 is 9.47 Å². The number of nitrogens with one attached hydrogen (secondary N) is 1. The van der Waals surface area contributed by atoms with Gasteiger partial charge in [0.05, 0.1) is 6.04 Å². The van der Waals surface area contributed by atoms with Gasteiger partial charge in [-0.1, -0.05) is 12.1 Å². The van der Waals surface area contributed by atoms with E-state index in [1.807, 2.05) is 36.5 Å². The summed E-state index contributed by atoms with van der Waals surface area (Å²) in [5, 5.41) is 0. The maximum absolute atomic E-state index is 5.99. The quantitative estimate of drug-likeness (QED) is 0.653. The van der Waals surface area contributed by atoms with Crippen LogP contribution in [-0.4, -0.2) is 23.7 Å². The molecule has 5 nitrogen and oxygen atoms in total. The van der Waals surface area contributed by atoms with Gasteiger partial charge in [0.25, 0.3) is 0 Å². The van der Waals surface area contributed by atoms with Gasteiger partial charge in [0.2, 0.25) is 0 Å². The number of rotatable bonds is 4. The molecule has 3 rings (SSSR count). The fourth-order valence-electron chi connectivity index (χ4n) is 2.35. The van der Waals surface area contributed by atoms with Gasteiger partial charge in [-0.25, -0.2) is 0 Å².